The Kier molecular flexibility index (Phi) is 3.98. The minimum atomic E-state index is -0.203. The van der Waals surface area contributed by atoms with E-state index >= 15 is 0 Å². The average molecular weight is 235 g/mol. The van der Waals surface area contributed by atoms with Crippen molar-refractivity contribution in [3.63, 3.8) is 0 Å². The minimum Gasteiger partial charge on any atom is -0.492 e. The van der Waals surface area contributed by atoms with E-state index < -0.39 is 0 Å². The Morgan fingerprint density at radius 1 is 1.41 bits per heavy atom. The Hall–Kier alpha value is -1.55. The summed E-state index contributed by atoms with van der Waals surface area (Å²) in [6, 6.07) is 7.19. The molecule has 1 aromatic rings. The van der Waals surface area contributed by atoms with Crippen molar-refractivity contribution in [2.75, 3.05) is 19.8 Å². The van der Waals surface area contributed by atoms with E-state index in [9.17, 15) is 4.79 Å². The molecule has 0 aromatic heterocycles. The van der Waals surface area contributed by atoms with Gasteiger partial charge in [-0.3, -0.25) is 4.79 Å². The number of carbonyl (C=O) groups excluding carboxylic acids is 1. The van der Waals surface area contributed by atoms with E-state index in [0.29, 0.717) is 23.8 Å². The van der Waals surface area contributed by atoms with Crippen LogP contribution in [0, 0.1) is 5.92 Å². The summed E-state index contributed by atoms with van der Waals surface area (Å²) in [5.41, 5.74) is 0.529. The lowest BCUT2D eigenvalue weighted by atomic mass is 10.2. The fourth-order valence-electron chi connectivity index (χ4n) is 1.54. The maximum Gasteiger partial charge on any atom is 0.255 e. The van der Waals surface area contributed by atoms with Crippen molar-refractivity contribution in [1.82, 2.24) is 5.32 Å². The van der Waals surface area contributed by atoms with Gasteiger partial charge in [0.1, 0.15) is 5.75 Å². The monoisotopic (exact) mass is 235 g/mol. The van der Waals surface area contributed by atoms with Gasteiger partial charge in [0.15, 0.2) is 0 Å². The van der Waals surface area contributed by atoms with E-state index in [1.54, 1.807) is 18.2 Å². The van der Waals surface area contributed by atoms with Gasteiger partial charge in [-0.2, -0.15) is 0 Å². The molecule has 0 saturated heterocycles. The number of ether oxygens (including phenoxy) is 1. The average Bonchev–Trinajstić information content (AvgIpc) is 3.18. The van der Waals surface area contributed by atoms with Gasteiger partial charge in [-0.15, -0.1) is 0 Å². The van der Waals surface area contributed by atoms with Gasteiger partial charge in [0, 0.05) is 6.54 Å². The molecule has 4 heteroatoms. The fraction of sp³-hybridized carbons (Fsp3) is 0.462. The van der Waals surface area contributed by atoms with Gasteiger partial charge in [-0.05, 0) is 30.9 Å². The van der Waals surface area contributed by atoms with Crippen LogP contribution in [0.3, 0.4) is 0 Å². The summed E-state index contributed by atoms with van der Waals surface area (Å²) >= 11 is 0. The zero-order valence-corrected chi connectivity index (χ0v) is 9.69. The molecule has 1 saturated carbocycles. The Morgan fingerprint density at radius 2 is 2.18 bits per heavy atom. The number of carbonyl (C=O) groups is 1. The zero-order valence-electron chi connectivity index (χ0n) is 9.69. The van der Waals surface area contributed by atoms with Gasteiger partial charge in [-0.25, -0.2) is 0 Å². The second-order valence-corrected chi connectivity index (χ2v) is 4.23. The predicted molar refractivity (Wildman–Crippen MR) is 64.1 cm³/mol. The second kappa shape index (κ2) is 5.68. The summed E-state index contributed by atoms with van der Waals surface area (Å²) in [6.07, 6.45) is 2.44. The number of amides is 1. The third-order valence-electron chi connectivity index (χ3n) is 2.70. The first kappa shape index (κ1) is 11.9. The summed E-state index contributed by atoms with van der Waals surface area (Å²) in [5.74, 6) is 1.07. The standard InChI is InChI=1S/C13H17NO3/c15-8-7-14-13(16)11-3-1-2-4-12(11)17-9-10-5-6-10/h1-4,10,15H,5-9H2,(H,14,16). The normalized spacial score (nSPS) is 14.4. The molecular weight excluding hydrogens is 218 g/mol. The first-order valence-corrected chi connectivity index (χ1v) is 5.92. The maximum absolute atomic E-state index is 11.8. The van der Waals surface area contributed by atoms with Crippen LogP contribution in [-0.4, -0.2) is 30.8 Å². The molecule has 0 aliphatic heterocycles. The summed E-state index contributed by atoms with van der Waals surface area (Å²) < 4.78 is 5.64. The summed E-state index contributed by atoms with van der Waals surface area (Å²) in [5, 5.41) is 11.3. The van der Waals surface area contributed by atoms with Crippen LogP contribution >= 0.6 is 0 Å². The molecule has 2 N–H and O–H groups in total. The molecule has 1 aliphatic carbocycles. The molecule has 4 nitrogen and oxygen atoms in total. The number of nitrogens with one attached hydrogen (secondary N) is 1. The Balaban J connectivity index is 2.00. The van der Waals surface area contributed by atoms with Crippen LogP contribution in [0.5, 0.6) is 5.75 Å². The fourth-order valence-corrected chi connectivity index (χ4v) is 1.54. The molecule has 0 heterocycles. The van der Waals surface area contributed by atoms with Gasteiger partial charge in [-0.1, -0.05) is 12.1 Å². The highest BCUT2D eigenvalue weighted by molar-refractivity contribution is 5.96. The van der Waals surface area contributed by atoms with Gasteiger partial charge in [0.25, 0.3) is 5.91 Å². The molecule has 0 spiro atoms. The van der Waals surface area contributed by atoms with Crippen molar-refractivity contribution in [3.8, 4) is 5.75 Å². The van der Waals surface area contributed by atoms with Crippen LogP contribution in [-0.2, 0) is 0 Å². The molecule has 1 fully saturated rings. The van der Waals surface area contributed by atoms with Gasteiger partial charge >= 0.3 is 0 Å². The minimum absolute atomic E-state index is 0.0587. The molecule has 0 unspecified atom stereocenters. The lowest BCUT2D eigenvalue weighted by molar-refractivity contribution is 0.0940. The van der Waals surface area contributed by atoms with E-state index in [-0.39, 0.29) is 19.1 Å². The first-order valence-electron chi connectivity index (χ1n) is 5.92. The van der Waals surface area contributed by atoms with Crippen molar-refractivity contribution in [3.05, 3.63) is 29.8 Å². The molecule has 2 rings (SSSR count). The number of rotatable bonds is 6. The second-order valence-electron chi connectivity index (χ2n) is 4.23. The summed E-state index contributed by atoms with van der Waals surface area (Å²) in [7, 11) is 0. The number of para-hydroxylation sites is 1. The summed E-state index contributed by atoms with van der Waals surface area (Å²) in [6.45, 7) is 0.886. The lowest BCUT2D eigenvalue weighted by Crippen LogP contribution is -2.26. The number of hydrogen-bond donors (Lipinski definition) is 2. The molecule has 92 valence electrons. The molecule has 1 amide bonds. The van der Waals surface area contributed by atoms with E-state index in [4.69, 9.17) is 9.84 Å². The van der Waals surface area contributed by atoms with E-state index in [1.165, 1.54) is 12.8 Å². The Labute approximate surface area is 101 Å². The molecule has 1 aromatic carbocycles. The maximum atomic E-state index is 11.8. The van der Waals surface area contributed by atoms with Crippen LogP contribution in [0.25, 0.3) is 0 Å². The van der Waals surface area contributed by atoms with E-state index in [1.807, 2.05) is 6.07 Å². The topological polar surface area (TPSA) is 58.6 Å². The molecule has 0 bridgehead atoms. The molecule has 0 atom stereocenters. The van der Waals surface area contributed by atoms with Gasteiger partial charge in [0.2, 0.25) is 0 Å². The molecular formula is C13H17NO3. The number of benzene rings is 1. The smallest absolute Gasteiger partial charge is 0.255 e. The van der Waals surface area contributed by atoms with Crippen molar-refractivity contribution >= 4 is 5.91 Å². The van der Waals surface area contributed by atoms with E-state index in [0.717, 1.165) is 0 Å². The van der Waals surface area contributed by atoms with Gasteiger partial charge < -0.3 is 15.2 Å². The summed E-state index contributed by atoms with van der Waals surface area (Å²) in [4.78, 5) is 11.8. The van der Waals surface area contributed by atoms with Crippen molar-refractivity contribution in [2.45, 2.75) is 12.8 Å². The quantitative estimate of drug-likeness (QED) is 0.779. The third kappa shape index (κ3) is 3.46. The Bertz CT molecular complexity index is 388. The lowest BCUT2D eigenvalue weighted by Gasteiger charge is -2.10. The van der Waals surface area contributed by atoms with Gasteiger partial charge in [0.05, 0.1) is 18.8 Å². The van der Waals surface area contributed by atoms with E-state index in [2.05, 4.69) is 5.32 Å². The highest BCUT2D eigenvalue weighted by Crippen LogP contribution is 2.30. The Morgan fingerprint density at radius 3 is 2.88 bits per heavy atom. The number of aliphatic hydroxyl groups is 1. The molecule has 17 heavy (non-hydrogen) atoms. The van der Waals surface area contributed by atoms with Crippen LogP contribution in [0.15, 0.2) is 24.3 Å². The van der Waals surface area contributed by atoms with Crippen molar-refractivity contribution in [1.29, 1.82) is 0 Å². The number of aliphatic hydroxyl groups excluding tert-OH is 1. The van der Waals surface area contributed by atoms with Crippen LogP contribution in [0.4, 0.5) is 0 Å². The van der Waals surface area contributed by atoms with Crippen LogP contribution < -0.4 is 10.1 Å². The largest absolute Gasteiger partial charge is 0.492 e. The van der Waals surface area contributed by atoms with Crippen molar-refractivity contribution in [2.24, 2.45) is 5.92 Å². The molecule has 0 radical (unpaired) electrons. The zero-order chi connectivity index (χ0) is 12.1. The highest BCUT2D eigenvalue weighted by Gasteiger charge is 2.22. The van der Waals surface area contributed by atoms with Crippen molar-refractivity contribution < 1.29 is 14.6 Å². The molecule has 1 aliphatic rings. The number of hydrogen-bond acceptors (Lipinski definition) is 3. The highest BCUT2D eigenvalue weighted by atomic mass is 16.5. The SMILES string of the molecule is O=C(NCCO)c1ccccc1OCC1CC1. The predicted octanol–water partition coefficient (Wildman–Crippen LogP) is 1.20. The van der Waals surface area contributed by atoms with Crippen LogP contribution in [0.2, 0.25) is 0 Å². The first-order chi connectivity index (χ1) is 8.31. The third-order valence-corrected chi connectivity index (χ3v) is 2.70. The van der Waals surface area contributed by atoms with Crippen LogP contribution in [0.1, 0.15) is 23.2 Å².